The van der Waals surface area contributed by atoms with Gasteiger partial charge in [-0.1, -0.05) is 42.0 Å². The predicted octanol–water partition coefficient (Wildman–Crippen LogP) is 4.98. The molecule has 10 nitrogen and oxygen atoms in total. The number of piperidine rings is 1. The lowest BCUT2D eigenvalue weighted by molar-refractivity contribution is 0.0786. The van der Waals surface area contributed by atoms with Crippen LogP contribution in [0, 0.1) is 6.92 Å². The van der Waals surface area contributed by atoms with E-state index in [1.54, 1.807) is 50.5 Å². The fraction of sp³-hybridized carbons (Fsp3) is 0.300. The van der Waals surface area contributed by atoms with Crippen LogP contribution in [0.3, 0.4) is 0 Å². The lowest BCUT2D eigenvalue weighted by Gasteiger charge is -2.30. The zero-order valence-corrected chi connectivity index (χ0v) is 23.8. The summed E-state index contributed by atoms with van der Waals surface area (Å²) in [6, 6.07) is 15.9. The number of imidazole rings is 1. The first-order valence-corrected chi connectivity index (χ1v) is 14.9. The minimum Gasteiger partial charge on any atom is -0.465 e. The zero-order valence-electron chi connectivity index (χ0n) is 23.0. The number of aryl methyl sites for hydroxylation is 1. The smallest absolute Gasteiger partial charge is 0.407 e. The summed E-state index contributed by atoms with van der Waals surface area (Å²) in [6.45, 7) is 6.10. The molecule has 0 aliphatic carbocycles. The van der Waals surface area contributed by atoms with Crippen LogP contribution in [0.5, 0.6) is 0 Å². The summed E-state index contributed by atoms with van der Waals surface area (Å²) >= 11 is 0. The number of aromatic nitrogens is 4. The summed E-state index contributed by atoms with van der Waals surface area (Å²) in [4.78, 5) is 23.0. The maximum absolute atomic E-state index is 13.6. The van der Waals surface area contributed by atoms with E-state index in [2.05, 4.69) is 4.98 Å². The van der Waals surface area contributed by atoms with Gasteiger partial charge in [0.2, 0.25) is 0 Å². The number of rotatable bonds is 5. The summed E-state index contributed by atoms with van der Waals surface area (Å²) in [5, 5.41) is 20.7. The fourth-order valence-corrected chi connectivity index (χ4v) is 6.87. The van der Waals surface area contributed by atoms with Crippen LogP contribution in [0.2, 0.25) is 0 Å². The molecule has 6 rings (SSSR count). The summed E-state index contributed by atoms with van der Waals surface area (Å²) < 4.78 is 30.3. The molecular formula is C30H31N5O5S. The number of nitrogens with zero attached hydrogens (tertiary/aromatic N) is 5. The van der Waals surface area contributed by atoms with Crippen LogP contribution in [0.25, 0.3) is 27.9 Å². The van der Waals surface area contributed by atoms with Gasteiger partial charge in [0.15, 0.2) is 5.65 Å². The average molecular weight is 574 g/mol. The van der Waals surface area contributed by atoms with Gasteiger partial charge >= 0.3 is 6.09 Å². The van der Waals surface area contributed by atoms with E-state index in [0.29, 0.717) is 41.9 Å². The van der Waals surface area contributed by atoms with Crippen molar-refractivity contribution in [1.82, 2.24) is 23.2 Å². The normalized spacial score (nSPS) is 16.5. The Morgan fingerprint density at radius 1 is 1.05 bits per heavy atom. The molecule has 212 valence electrons. The van der Waals surface area contributed by atoms with Crippen LogP contribution in [-0.4, -0.2) is 61.1 Å². The summed E-state index contributed by atoms with van der Waals surface area (Å²) in [5.74, 6) is 0.426. The molecule has 3 aromatic heterocycles. The predicted molar refractivity (Wildman–Crippen MR) is 154 cm³/mol. The number of likely N-dealkylation sites (tertiary alicyclic amines) is 1. The lowest BCUT2D eigenvalue weighted by Crippen LogP contribution is -2.38. The summed E-state index contributed by atoms with van der Waals surface area (Å²) in [6.07, 6.45) is 3.56. The Hall–Kier alpha value is -4.22. The lowest BCUT2D eigenvalue weighted by atomic mass is 9.94. The maximum Gasteiger partial charge on any atom is 0.407 e. The van der Waals surface area contributed by atoms with Crippen molar-refractivity contribution in [3.8, 4) is 11.4 Å². The van der Waals surface area contributed by atoms with Gasteiger partial charge in [-0.25, -0.2) is 27.2 Å². The van der Waals surface area contributed by atoms with E-state index in [1.165, 1.54) is 15.1 Å². The number of hydrogen-bond acceptors (Lipinski definition) is 6. The topological polar surface area (TPSA) is 130 Å². The van der Waals surface area contributed by atoms with E-state index < -0.39 is 21.7 Å². The first-order chi connectivity index (χ1) is 19.4. The van der Waals surface area contributed by atoms with Crippen molar-refractivity contribution in [3.63, 3.8) is 0 Å². The van der Waals surface area contributed by atoms with Gasteiger partial charge < -0.3 is 15.1 Å². The minimum atomic E-state index is -3.91. The number of carboxylic acid groups (broad SMARTS) is 1. The number of carbonyl (C=O) groups is 1. The number of benzene rings is 2. The van der Waals surface area contributed by atoms with Crippen LogP contribution in [0.1, 0.15) is 49.4 Å². The number of aliphatic hydroxyl groups is 1. The molecule has 1 saturated heterocycles. The van der Waals surface area contributed by atoms with Crippen molar-refractivity contribution in [1.29, 1.82) is 0 Å². The molecule has 1 aliphatic rings. The average Bonchev–Trinajstić information content (AvgIpc) is 3.55. The van der Waals surface area contributed by atoms with Crippen molar-refractivity contribution in [2.24, 2.45) is 0 Å². The number of amides is 1. The second-order valence-electron chi connectivity index (χ2n) is 11.2. The van der Waals surface area contributed by atoms with Gasteiger partial charge in [0.1, 0.15) is 12.2 Å². The Kier molecular flexibility index (Phi) is 6.39. The third-order valence-corrected chi connectivity index (χ3v) is 9.50. The summed E-state index contributed by atoms with van der Waals surface area (Å²) in [7, 11) is -3.91. The number of fused-ring (bicyclic) bond motifs is 3. The molecule has 11 heteroatoms. The van der Waals surface area contributed by atoms with Crippen LogP contribution >= 0.6 is 0 Å². The van der Waals surface area contributed by atoms with Gasteiger partial charge in [-0.3, -0.25) is 4.40 Å². The molecule has 41 heavy (non-hydrogen) atoms. The van der Waals surface area contributed by atoms with Crippen LogP contribution in [0.4, 0.5) is 4.79 Å². The van der Waals surface area contributed by atoms with Gasteiger partial charge in [-0.2, -0.15) is 0 Å². The van der Waals surface area contributed by atoms with Crippen molar-refractivity contribution >= 4 is 32.7 Å². The van der Waals surface area contributed by atoms with E-state index in [-0.39, 0.29) is 16.5 Å². The Morgan fingerprint density at radius 3 is 2.41 bits per heavy atom. The number of hydrogen-bond donors (Lipinski definition) is 2. The highest BCUT2D eigenvalue weighted by Gasteiger charge is 2.31. The van der Waals surface area contributed by atoms with Crippen molar-refractivity contribution in [3.05, 3.63) is 83.9 Å². The van der Waals surface area contributed by atoms with Crippen LogP contribution in [0.15, 0.2) is 72.0 Å². The van der Waals surface area contributed by atoms with Crippen LogP contribution < -0.4 is 0 Å². The van der Waals surface area contributed by atoms with Gasteiger partial charge in [-0.05, 0) is 57.4 Å². The highest BCUT2D eigenvalue weighted by Crippen LogP contribution is 2.37. The van der Waals surface area contributed by atoms with Gasteiger partial charge in [-0.15, -0.1) is 0 Å². The molecule has 2 N–H and O–H groups in total. The van der Waals surface area contributed by atoms with Gasteiger partial charge in [0, 0.05) is 36.2 Å². The molecule has 0 radical (unpaired) electrons. The standard InChI is InChI=1S/C30H31N5O5S/c1-19-6-12-23(13-7-19)41(39,40)35-16-14-24-26-25(21-5-4-15-33(17-21)29(36)37)32-27(34(26)18-31-28(24)35)20-8-10-22(11-9-20)30(2,3)38/h6-14,16,18,21,38H,4-5,15,17H2,1-3H3,(H,36,37). The van der Waals surface area contributed by atoms with E-state index >= 15 is 0 Å². The molecule has 4 heterocycles. The molecule has 1 atom stereocenters. The monoisotopic (exact) mass is 573 g/mol. The Bertz CT molecular complexity index is 1880. The van der Waals surface area contributed by atoms with E-state index in [1.807, 2.05) is 35.6 Å². The molecule has 5 aromatic rings. The minimum absolute atomic E-state index is 0.160. The highest BCUT2D eigenvalue weighted by atomic mass is 32.2. The van der Waals surface area contributed by atoms with E-state index in [0.717, 1.165) is 23.1 Å². The third kappa shape index (κ3) is 4.64. The molecule has 0 spiro atoms. The van der Waals surface area contributed by atoms with Gasteiger partial charge in [0.25, 0.3) is 10.0 Å². The molecule has 1 fully saturated rings. The zero-order chi connectivity index (χ0) is 29.1. The Balaban J connectivity index is 1.56. The quantitative estimate of drug-likeness (QED) is 0.303. The van der Waals surface area contributed by atoms with Crippen LogP contribution in [-0.2, 0) is 15.6 Å². The maximum atomic E-state index is 13.6. The SMILES string of the molecule is Cc1ccc(S(=O)(=O)n2ccc3c2ncn2c(-c4ccc(C(C)(C)O)cc4)nc(C4CCCN(C(=O)O)C4)c32)cc1. The highest BCUT2D eigenvalue weighted by molar-refractivity contribution is 7.90. The van der Waals surface area contributed by atoms with Crippen molar-refractivity contribution < 1.29 is 23.4 Å². The Labute approximate surface area is 237 Å². The first kappa shape index (κ1) is 27.0. The Morgan fingerprint density at radius 2 is 1.76 bits per heavy atom. The second-order valence-corrected chi connectivity index (χ2v) is 13.0. The van der Waals surface area contributed by atoms with Crippen molar-refractivity contribution in [2.45, 2.75) is 50.0 Å². The molecule has 0 saturated carbocycles. The first-order valence-electron chi connectivity index (χ1n) is 13.5. The molecule has 1 unspecified atom stereocenters. The van der Waals surface area contributed by atoms with Crippen molar-refractivity contribution in [2.75, 3.05) is 13.1 Å². The fourth-order valence-electron chi connectivity index (χ4n) is 5.57. The second kappa shape index (κ2) is 9.71. The van der Waals surface area contributed by atoms with E-state index in [9.17, 15) is 23.4 Å². The third-order valence-electron chi connectivity index (χ3n) is 7.82. The molecule has 1 amide bonds. The summed E-state index contributed by atoms with van der Waals surface area (Å²) in [5.41, 5.74) is 3.18. The molecule has 1 aliphatic heterocycles. The molecular weight excluding hydrogens is 542 g/mol. The molecule has 2 aromatic carbocycles. The largest absolute Gasteiger partial charge is 0.465 e. The van der Waals surface area contributed by atoms with E-state index in [4.69, 9.17) is 4.98 Å². The molecule has 0 bridgehead atoms. The van der Waals surface area contributed by atoms with Gasteiger partial charge in [0.05, 0.1) is 21.7 Å².